The van der Waals surface area contributed by atoms with E-state index < -0.39 is 0 Å². The maximum absolute atomic E-state index is 12.5. The molecule has 0 aromatic carbocycles. The number of rotatable bonds is 3. The number of hydrogen-bond donors (Lipinski definition) is 0. The number of likely N-dealkylation sites (tertiary alicyclic amines) is 2. The van der Waals surface area contributed by atoms with E-state index in [0.717, 1.165) is 24.9 Å². The molecule has 20 heavy (non-hydrogen) atoms. The molecule has 5 heteroatoms. The zero-order valence-electron chi connectivity index (χ0n) is 12.5. The second-order valence-corrected chi connectivity index (χ2v) is 6.20. The van der Waals surface area contributed by atoms with Gasteiger partial charge in [-0.3, -0.25) is 9.48 Å². The summed E-state index contributed by atoms with van der Waals surface area (Å²) >= 11 is 0. The number of amides is 1. The van der Waals surface area contributed by atoms with Crippen LogP contribution in [0.4, 0.5) is 0 Å². The van der Waals surface area contributed by atoms with Gasteiger partial charge in [-0.05, 0) is 51.8 Å². The minimum absolute atomic E-state index is 0.218. The lowest BCUT2D eigenvalue weighted by Gasteiger charge is -2.33. The van der Waals surface area contributed by atoms with Crippen molar-refractivity contribution in [1.82, 2.24) is 19.6 Å². The largest absolute Gasteiger partial charge is 0.337 e. The Morgan fingerprint density at radius 3 is 2.70 bits per heavy atom. The van der Waals surface area contributed by atoms with Crippen molar-refractivity contribution < 1.29 is 4.79 Å². The van der Waals surface area contributed by atoms with Gasteiger partial charge < -0.3 is 9.80 Å². The summed E-state index contributed by atoms with van der Waals surface area (Å²) in [6, 6.07) is 0.965. The second-order valence-electron chi connectivity index (χ2n) is 6.20. The van der Waals surface area contributed by atoms with Crippen LogP contribution in [0.25, 0.3) is 0 Å². The third-order valence-electron chi connectivity index (χ3n) is 4.70. The van der Waals surface area contributed by atoms with Gasteiger partial charge in [-0.25, -0.2) is 0 Å². The third kappa shape index (κ3) is 2.59. The normalized spacial score (nSPS) is 27.4. The Labute approximate surface area is 120 Å². The van der Waals surface area contributed by atoms with E-state index in [0.29, 0.717) is 18.6 Å². The number of aromatic nitrogens is 2. The van der Waals surface area contributed by atoms with Crippen molar-refractivity contribution in [2.75, 3.05) is 20.1 Å². The van der Waals surface area contributed by atoms with Crippen LogP contribution in [0, 0.1) is 6.92 Å². The summed E-state index contributed by atoms with van der Waals surface area (Å²) in [4.78, 5) is 17.1. The molecule has 0 radical (unpaired) electrons. The van der Waals surface area contributed by atoms with E-state index in [9.17, 15) is 4.79 Å². The van der Waals surface area contributed by atoms with Crippen LogP contribution in [0.1, 0.15) is 31.2 Å². The van der Waals surface area contributed by atoms with E-state index in [2.05, 4.69) is 21.9 Å². The molecular weight excluding hydrogens is 252 g/mol. The maximum atomic E-state index is 12.5. The van der Waals surface area contributed by atoms with Crippen molar-refractivity contribution in [3.05, 3.63) is 18.0 Å². The number of carbonyl (C=O) groups excluding carboxylic acids is 1. The molecule has 1 aromatic heterocycles. The van der Waals surface area contributed by atoms with Gasteiger partial charge in [0.15, 0.2) is 0 Å². The van der Waals surface area contributed by atoms with E-state index in [-0.39, 0.29) is 5.91 Å². The quantitative estimate of drug-likeness (QED) is 0.835. The summed E-state index contributed by atoms with van der Waals surface area (Å²) < 4.78 is 1.76. The van der Waals surface area contributed by atoms with E-state index >= 15 is 0 Å². The summed E-state index contributed by atoms with van der Waals surface area (Å²) in [5, 5.41) is 4.22. The lowest BCUT2D eigenvalue weighted by molar-refractivity contribution is -0.133. The minimum atomic E-state index is 0.218. The number of nitrogens with zero attached hydrogens (tertiary/aromatic N) is 4. The smallest absolute Gasteiger partial charge is 0.244 e. The first-order valence-electron chi connectivity index (χ1n) is 7.64. The van der Waals surface area contributed by atoms with Crippen LogP contribution >= 0.6 is 0 Å². The van der Waals surface area contributed by atoms with Crippen molar-refractivity contribution in [3.63, 3.8) is 0 Å². The fraction of sp³-hybridized carbons (Fsp3) is 0.733. The molecule has 2 aliphatic rings. The molecular formula is C15H24N4O. The molecule has 2 saturated heterocycles. The molecule has 3 heterocycles. The topological polar surface area (TPSA) is 41.4 Å². The van der Waals surface area contributed by atoms with Crippen LogP contribution in [0.3, 0.4) is 0 Å². The van der Waals surface area contributed by atoms with Gasteiger partial charge in [0.2, 0.25) is 5.91 Å². The maximum Gasteiger partial charge on any atom is 0.244 e. The molecule has 0 saturated carbocycles. The van der Waals surface area contributed by atoms with Crippen LogP contribution < -0.4 is 0 Å². The number of likely N-dealkylation sites (N-methyl/N-ethyl adjacent to an activating group) is 1. The predicted octanol–water partition coefficient (Wildman–Crippen LogP) is 1.28. The van der Waals surface area contributed by atoms with Crippen molar-refractivity contribution in [1.29, 1.82) is 0 Å². The molecule has 5 nitrogen and oxygen atoms in total. The van der Waals surface area contributed by atoms with E-state index in [1.165, 1.54) is 19.4 Å². The molecule has 1 amide bonds. The first-order chi connectivity index (χ1) is 9.65. The molecule has 3 rings (SSSR count). The lowest BCUT2D eigenvalue weighted by atomic mass is 10.0. The van der Waals surface area contributed by atoms with Gasteiger partial charge in [-0.1, -0.05) is 0 Å². The van der Waals surface area contributed by atoms with Gasteiger partial charge in [-0.15, -0.1) is 0 Å². The lowest BCUT2D eigenvalue weighted by Crippen LogP contribution is -2.48. The zero-order chi connectivity index (χ0) is 14.1. The van der Waals surface area contributed by atoms with Crippen molar-refractivity contribution in [2.45, 2.75) is 51.2 Å². The van der Waals surface area contributed by atoms with E-state index in [1.54, 1.807) is 10.9 Å². The summed E-state index contributed by atoms with van der Waals surface area (Å²) in [5.41, 5.74) is 1.10. The SMILES string of the molecule is Cc1cnn(CC(=O)N2CCC[C@H]2[C@@H]2CCCN2C)c1. The van der Waals surface area contributed by atoms with Gasteiger partial charge in [-0.2, -0.15) is 5.10 Å². The van der Waals surface area contributed by atoms with Gasteiger partial charge in [0, 0.05) is 24.8 Å². The highest BCUT2D eigenvalue weighted by Crippen LogP contribution is 2.29. The number of aryl methyl sites for hydroxylation is 1. The fourth-order valence-corrected chi connectivity index (χ4v) is 3.71. The number of hydrogen-bond acceptors (Lipinski definition) is 3. The Balaban J connectivity index is 1.67. The van der Waals surface area contributed by atoms with Gasteiger partial charge in [0.1, 0.15) is 6.54 Å². The molecule has 2 fully saturated rings. The summed E-state index contributed by atoms with van der Waals surface area (Å²) in [6.07, 6.45) is 8.52. The molecule has 0 unspecified atom stereocenters. The van der Waals surface area contributed by atoms with Crippen molar-refractivity contribution >= 4 is 5.91 Å². The Morgan fingerprint density at radius 2 is 2.05 bits per heavy atom. The zero-order valence-corrected chi connectivity index (χ0v) is 12.5. The van der Waals surface area contributed by atoms with Gasteiger partial charge in [0.25, 0.3) is 0 Å². The third-order valence-corrected chi connectivity index (χ3v) is 4.70. The van der Waals surface area contributed by atoms with Crippen molar-refractivity contribution in [2.24, 2.45) is 0 Å². The standard InChI is InChI=1S/C15H24N4O/c1-12-9-16-18(10-12)11-15(20)19-8-4-6-14(19)13-5-3-7-17(13)2/h9-10,13-14H,3-8,11H2,1-2H3/t13-,14-/m0/s1. The van der Waals surface area contributed by atoms with E-state index in [1.807, 2.05) is 13.1 Å². The first-order valence-corrected chi connectivity index (χ1v) is 7.64. The molecule has 0 aliphatic carbocycles. The Hall–Kier alpha value is -1.36. The second kappa shape index (κ2) is 5.56. The Kier molecular flexibility index (Phi) is 3.78. The highest BCUT2D eigenvalue weighted by Gasteiger charge is 2.38. The molecule has 0 N–H and O–H groups in total. The van der Waals surface area contributed by atoms with Crippen molar-refractivity contribution in [3.8, 4) is 0 Å². The van der Waals surface area contributed by atoms with Gasteiger partial charge in [0.05, 0.1) is 6.20 Å². The minimum Gasteiger partial charge on any atom is -0.337 e. The van der Waals surface area contributed by atoms with Crippen LogP contribution in [0.2, 0.25) is 0 Å². The highest BCUT2D eigenvalue weighted by molar-refractivity contribution is 5.76. The van der Waals surface area contributed by atoms with Crippen LogP contribution in [-0.4, -0.2) is 57.7 Å². The highest BCUT2D eigenvalue weighted by atomic mass is 16.2. The Bertz CT molecular complexity index is 484. The average molecular weight is 276 g/mol. The molecule has 0 spiro atoms. The molecule has 0 bridgehead atoms. The van der Waals surface area contributed by atoms with Crippen LogP contribution in [-0.2, 0) is 11.3 Å². The summed E-state index contributed by atoms with van der Waals surface area (Å²) in [7, 11) is 2.19. The van der Waals surface area contributed by atoms with Crippen LogP contribution in [0.15, 0.2) is 12.4 Å². The monoisotopic (exact) mass is 276 g/mol. The Morgan fingerprint density at radius 1 is 1.30 bits per heavy atom. The summed E-state index contributed by atoms with van der Waals surface area (Å²) in [5.74, 6) is 0.218. The number of carbonyl (C=O) groups is 1. The first kappa shape index (κ1) is 13.6. The molecule has 110 valence electrons. The molecule has 2 atom stereocenters. The summed E-state index contributed by atoms with van der Waals surface area (Å²) in [6.45, 7) is 4.45. The average Bonchev–Trinajstić information content (AvgIpc) is 3.10. The van der Waals surface area contributed by atoms with Crippen LogP contribution in [0.5, 0.6) is 0 Å². The predicted molar refractivity (Wildman–Crippen MR) is 77.4 cm³/mol. The molecule has 1 aromatic rings. The fourth-order valence-electron chi connectivity index (χ4n) is 3.71. The van der Waals surface area contributed by atoms with Gasteiger partial charge >= 0.3 is 0 Å². The van der Waals surface area contributed by atoms with E-state index in [4.69, 9.17) is 0 Å². The molecule has 2 aliphatic heterocycles.